The van der Waals surface area contributed by atoms with E-state index in [4.69, 9.17) is 0 Å². The molecular formula is C68H45B2F27. The Hall–Kier alpha value is -9.56. The summed E-state index contributed by atoms with van der Waals surface area (Å²) in [6.07, 6.45) is -26.3. The molecule has 0 radical (unpaired) electrons. The standard InChI is InChI=1S/C40H32BF12.C26H7BF15.2CH3/c1-9-29-21(5)13-25(14-22(29)6)41(26-15-23(7)30(10-2)33(17-26)37(42,43)44,27-16-24(8)31(11-3)34(18-27)38(45,46)47)28-19-35(39(48,49)50)32(12-4)36(20-28)40(51,52)53;1-2-7-3-5-8(6-4-7)27(9-12(28)18(34)24(40)19(35)13(9)29,10-14(30)20(36)25(41)21(37)15(10)31)11-16(32)22(38)26(42)23(39)17(11)33;;/h9-20H,1-4H2,5-8H3;2-6H,1H2;2*1H3/q2*-1;2*+1. The molecule has 0 fully saturated rings. The smallest absolute Gasteiger partial charge is 0.207 e. The number of benzene rings is 8. The van der Waals surface area contributed by atoms with Crippen molar-refractivity contribution < 1.29 is 119 Å². The summed E-state index contributed by atoms with van der Waals surface area (Å²) in [5.41, 5.74) is -19.3. The Bertz CT molecular complexity index is 4120. The quantitative estimate of drug-likeness (QED) is 0.0355. The Kier molecular flexibility index (Phi) is 22.2. The van der Waals surface area contributed by atoms with Crippen LogP contribution in [0, 0.1) is 130 Å². The highest BCUT2D eigenvalue weighted by molar-refractivity contribution is 7.20. The fraction of sp³-hybridized carbons (Fsp3) is 0.118. The molecule has 29 heteroatoms. The molecule has 0 saturated carbocycles. The summed E-state index contributed by atoms with van der Waals surface area (Å²) in [4.78, 5) is 0. The molecule has 0 aliphatic heterocycles. The van der Waals surface area contributed by atoms with Crippen LogP contribution in [-0.2, 0) is 24.7 Å². The summed E-state index contributed by atoms with van der Waals surface area (Å²) >= 11 is 0. The van der Waals surface area contributed by atoms with Crippen LogP contribution in [0.4, 0.5) is 119 Å². The van der Waals surface area contributed by atoms with Gasteiger partial charge in [-0.3, -0.25) is 0 Å². The summed E-state index contributed by atoms with van der Waals surface area (Å²) < 4.78 is 400. The van der Waals surface area contributed by atoms with E-state index < -0.39 is 201 Å². The van der Waals surface area contributed by atoms with Crippen LogP contribution in [0.3, 0.4) is 0 Å². The molecule has 0 atom stereocenters. The van der Waals surface area contributed by atoms with Crippen molar-refractivity contribution in [2.45, 2.75) is 52.4 Å². The first-order valence-corrected chi connectivity index (χ1v) is 26.8. The third-order valence-corrected chi connectivity index (χ3v) is 16.4. The van der Waals surface area contributed by atoms with Gasteiger partial charge < -0.3 is 0 Å². The summed E-state index contributed by atoms with van der Waals surface area (Å²) in [7, 11) is 0. The number of rotatable bonds is 13. The second-order valence-electron chi connectivity index (χ2n) is 21.6. The molecular weight excluding hydrogens is 1350 g/mol. The molecule has 97 heavy (non-hydrogen) atoms. The van der Waals surface area contributed by atoms with Gasteiger partial charge >= 0.3 is 24.7 Å². The Morgan fingerprint density at radius 3 is 0.691 bits per heavy atom. The van der Waals surface area contributed by atoms with E-state index in [9.17, 15) is 92.2 Å². The minimum atomic E-state index is -5.77. The lowest BCUT2D eigenvalue weighted by Crippen LogP contribution is -2.79. The SMILES string of the molecule is C=Cc1c(C)cc([B-](c2cc(C)c(C=C)c(C(F)(F)F)c2)(c2cc(C)c(C=C)c(C(F)(F)F)c2)c2cc(C(F)(F)F)c(C=C)c(C(F)(F)F)c2)cc1C.C=Cc1ccc([B-](c2c(F)c(F)c(F)c(F)c2F)(c2c(F)c(F)c(F)c(F)c2F)c2c(F)c(F)c(F)c(F)c2F)cc1.[CH3+].[CH3+]. The summed E-state index contributed by atoms with van der Waals surface area (Å²) in [6.45, 7) is 22.6. The number of alkyl halides is 12. The maximum Gasteiger partial charge on any atom is 0.416 e. The van der Waals surface area contributed by atoms with E-state index in [1.54, 1.807) is 0 Å². The van der Waals surface area contributed by atoms with Gasteiger partial charge in [0.15, 0.2) is 52.4 Å². The summed E-state index contributed by atoms with van der Waals surface area (Å²) in [6, 6.07) is 9.04. The minimum absolute atomic E-state index is 0. The minimum Gasteiger partial charge on any atom is -0.207 e. The van der Waals surface area contributed by atoms with Crippen molar-refractivity contribution in [2.75, 3.05) is 0 Å². The second kappa shape index (κ2) is 27.5. The molecule has 0 spiro atoms. The van der Waals surface area contributed by atoms with Crippen molar-refractivity contribution in [1.29, 1.82) is 0 Å². The van der Waals surface area contributed by atoms with Crippen molar-refractivity contribution in [1.82, 2.24) is 0 Å². The normalized spacial score (nSPS) is 12.1. The predicted octanol–water partition coefficient (Wildman–Crippen LogP) is 17.6. The van der Waals surface area contributed by atoms with Gasteiger partial charge in [-0.1, -0.05) is 136 Å². The average Bonchev–Trinajstić information content (AvgIpc) is 0.622. The van der Waals surface area contributed by atoms with Gasteiger partial charge in [0.25, 0.3) is 0 Å². The highest BCUT2D eigenvalue weighted by atomic mass is 19.4. The van der Waals surface area contributed by atoms with Crippen molar-refractivity contribution in [3.8, 4) is 0 Å². The maximum absolute atomic E-state index is 15.5. The third kappa shape index (κ3) is 12.9. The summed E-state index contributed by atoms with van der Waals surface area (Å²) in [5.74, 6) is -45.7. The topological polar surface area (TPSA) is 0 Å². The molecule has 8 aromatic carbocycles. The fourth-order valence-corrected chi connectivity index (χ4v) is 12.4. The lowest BCUT2D eigenvalue weighted by atomic mass is 9.12. The van der Waals surface area contributed by atoms with Gasteiger partial charge in [-0.25, -0.2) is 65.9 Å². The third-order valence-electron chi connectivity index (χ3n) is 16.4. The van der Waals surface area contributed by atoms with Gasteiger partial charge in [-0.15, -0.1) is 16.4 Å². The zero-order valence-corrected chi connectivity index (χ0v) is 50.7. The van der Waals surface area contributed by atoms with E-state index in [0.29, 0.717) is 59.2 Å². The van der Waals surface area contributed by atoms with E-state index in [1.165, 1.54) is 45.9 Å². The molecule has 0 bridgehead atoms. The van der Waals surface area contributed by atoms with Crippen molar-refractivity contribution >= 4 is 86.4 Å². The Morgan fingerprint density at radius 1 is 0.258 bits per heavy atom. The highest BCUT2D eigenvalue weighted by Gasteiger charge is 2.50. The average molecular weight is 1400 g/mol. The van der Waals surface area contributed by atoms with Crippen LogP contribution in [0.25, 0.3) is 30.4 Å². The number of halogens is 27. The van der Waals surface area contributed by atoms with Gasteiger partial charge in [-0.05, 0) is 77.8 Å². The van der Waals surface area contributed by atoms with Crippen LogP contribution in [0.15, 0.2) is 106 Å². The predicted molar refractivity (Wildman–Crippen MR) is 322 cm³/mol. The Morgan fingerprint density at radius 2 is 0.464 bits per heavy atom. The lowest BCUT2D eigenvalue weighted by Gasteiger charge is -2.46. The molecule has 8 aromatic rings. The second-order valence-corrected chi connectivity index (χ2v) is 21.6. The number of aryl methyl sites for hydroxylation is 4. The molecule has 0 N–H and O–H groups in total. The Labute approximate surface area is 535 Å². The van der Waals surface area contributed by atoms with Crippen LogP contribution >= 0.6 is 0 Å². The van der Waals surface area contributed by atoms with E-state index in [2.05, 4.69) is 32.9 Å². The molecule has 0 amide bonds. The highest BCUT2D eigenvalue weighted by Crippen LogP contribution is 2.42. The summed E-state index contributed by atoms with van der Waals surface area (Å²) in [5, 5.41) is 0. The largest absolute Gasteiger partial charge is 0.416 e. The monoisotopic (exact) mass is 1400 g/mol. The molecule has 0 aliphatic carbocycles. The van der Waals surface area contributed by atoms with Gasteiger partial charge in [0.05, 0.1) is 22.3 Å². The van der Waals surface area contributed by atoms with Gasteiger partial charge in [-0.2, -0.15) is 80.0 Å². The molecule has 0 heterocycles. The fourth-order valence-electron chi connectivity index (χ4n) is 12.4. The molecule has 512 valence electrons. The molecule has 0 unspecified atom stereocenters. The first-order chi connectivity index (χ1) is 43.8. The number of hydrogen-bond acceptors (Lipinski definition) is 0. The van der Waals surface area contributed by atoms with E-state index in [1.807, 2.05) is 0 Å². The zero-order chi connectivity index (χ0) is 71.8. The molecule has 8 rings (SSSR count). The van der Waals surface area contributed by atoms with Gasteiger partial charge in [0.1, 0.15) is 47.2 Å². The first-order valence-electron chi connectivity index (χ1n) is 26.8. The number of hydrogen-bond donors (Lipinski definition) is 0. The van der Waals surface area contributed by atoms with Crippen molar-refractivity contribution in [2.24, 2.45) is 0 Å². The van der Waals surface area contributed by atoms with Crippen LogP contribution in [0.5, 0.6) is 0 Å². The first kappa shape index (κ1) is 78.1. The molecule has 0 saturated heterocycles. The van der Waals surface area contributed by atoms with Crippen LogP contribution in [0.2, 0.25) is 0 Å². The van der Waals surface area contributed by atoms with Crippen LogP contribution in [-0.4, -0.2) is 12.3 Å². The zero-order valence-electron chi connectivity index (χ0n) is 50.7. The van der Waals surface area contributed by atoms with Crippen LogP contribution in [0.1, 0.15) is 72.3 Å². The maximum atomic E-state index is 15.5. The van der Waals surface area contributed by atoms with Crippen molar-refractivity contribution in [3.05, 3.63) is 280 Å². The molecule has 0 aromatic heterocycles. The van der Waals surface area contributed by atoms with E-state index >= 15 is 26.3 Å². The van der Waals surface area contributed by atoms with Gasteiger partial charge in [0.2, 0.25) is 0 Å². The van der Waals surface area contributed by atoms with Crippen LogP contribution < -0.4 is 43.7 Å². The van der Waals surface area contributed by atoms with Crippen molar-refractivity contribution in [3.63, 3.8) is 0 Å². The molecule has 0 nitrogen and oxygen atoms in total. The van der Waals surface area contributed by atoms with Gasteiger partial charge in [0, 0.05) is 14.9 Å². The molecule has 0 aliphatic rings. The lowest BCUT2D eigenvalue weighted by molar-refractivity contribution is -0.143. The van der Waals surface area contributed by atoms with E-state index in [0.717, 1.165) is 42.5 Å². The Balaban J connectivity index is 0.000000352. The van der Waals surface area contributed by atoms with E-state index in [-0.39, 0.29) is 37.0 Å².